The van der Waals surface area contributed by atoms with Gasteiger partial charge in [-0.3, -0.25) is 9.59 Å². The number of fused-ring (bicyclic) bond motifs is 2. The number of hydrogen-bond acceptors (Lipinski definition) is 4. The average Bonchev–Trinajstić information content (AvgIpc) is 2.65. The fraction of sp³-hybridized carbons (Fsp3) is 0.250. The van der Waals surface area contributed by atoms with E-state index in [4.69, 9.17) is 0 Å². The van der Waals surface area contributed by atoms with E-state index in [0.717, 1.165) is 28.7 Å². The normalized spacial score (nSPS) is 16.2. The first-order valence-corrected chi connectivity index (χ1v) is 8.65. The maximum absolute atomic E-state index is 12.5. The lowest BCUT2D eigenvalue weighted by Gasteiger charge is -2.28. The molecule has 1 aromatic heterocycles. The van der Waals surface area contributed by atoms with E-state index < -0.39 is 0 Å². The van der Waals surface area contributed by atoms with E-state index in [0.29, 0.717) is 31.7 Å². The van der Waals surface area contributed by atoms with Crippen LogP contribution in [-0.4, -0.2) is 33.3 Å². The molecule has 0 radical (unpaired) electrons. The van der Waals surface area contributed by atoms with Gasteiger partial charge in [0.2, 0.25) is 11.8 Å². The third kappa shape index (κ3) is 3.31. The Morgan fingerprint density at radius 3 is 2.92 bits per heavy atom. The van der Waals surface area contributed by atoms with E-state index in [1.807, 2.05) is 12.1 Å². The van der Waals surface area contributed by atoms with E-state index in [9.17, 15) is 14.7 Å². The molecule has 3 heterocycles. The number of aromatic hydroxyl groups is 1. The Labute approximate surface area is 151 Å². The van der Waals surface area contributed by atoms with Crippen LogP contribution in [0.15, 0.2) is 36.5 Å². The van der Waals surface area contributed by atoms with Crippen molar-refractivity contribution in [3.8, 4) is 5.75 Å². The summed E-state index contributed by atoms with van der Waals surface area (Å²) in [5.41, 5.74) is 4.00. The van der Waals surface area contributed by atoms with Gasteiger partial charge in [-0.15, -0.1) is 0 Å². The van der Waals surface area contributed by atoms with Crippen molar-refractivity contribution in [3.63, 3.8) is 0 Å². The van der Waals surface area contributed by atoms with E-state index in [1.54, 1.807) is 35.4 Å². The van der Waals surface area contributed by atoms with Gasteiger partial charge in [-0.2, -0.15) is 0 Å². The average molecular weight is 349 g/mol. The van der Waals surface area contributed by atoms with Crippen LogP contribution in [0.1, 0.15) is 28.7 Å². The number of rotatable bonds is 2. The van der Waals surface area contributed by atoms with Crippen LogP contribution in [0.4, 0.5) is 5.82 Å². The predicted octanol–water partition coefficient (Wildman–Crippen LogP) is 2.27. The number of anilines is 1. The van der Waals surface area contributed by atoms with Crippen molar-refractivity contribution in [2.45, 2.75) is 25.8 Å². The van der Waals surface area contributed by atoms with Crippen LogP contribution < -0.4 is 5.32 Å². The van der Waals surface area contributed by atoms with E-state index in [-0.39, 0.29) is 17.6 Å². The molecule has 2 aromatic rings. The standard InChI is InChI=1S/C20H19N3O3/c24-17-4-2-16-12-23(8-7-14(16)10-17)19(26)6-1-13-9-15-3-5-18(25)22-20(15)21-11-13/h1-2,4,6,9-11,24H,3,5,7-8,12H2,(H,21,22,25). The number of carbonyl (C=O) groups excluding carboxylic acids is 2. The fourth-order valence-corrected chi connectivity index (χ4v) is 3.37. The maximum atomic E-state index is 12.5. The van der Waals surface area contributed by atoms with Crippen LogP contribution >= 0.6 is 0 Å². The molecule has 1 aromatic carbocycles. The summed E-state index contributed by atoms with van der Waals surface area (Å²) in [6.07, 6.45) is 6.85. The minimum absolute atomic E-state index is 0.0119. The van der Waals surface area contributed by atoms with Crippen LogP contribution in [0.25, 0.3) is 6.08 Å². The third-order valence-electron chi connectivity index (χ3n) is 4.80. The number of benzene rings is 1. The maximum Gasteiger partial charge on any atom is 0.246 e. The van der Waals surface area contributed by atoms with Gasteiger partial charge in [-0.05, 0) is 59.4 Å². The van der Waals surface area contributed by atoms with Crippen molar-refractivity contribution in [1.29, 1.82) is 0 Å². The molecule has 2 N–H and O–H groups in total. The number of phenolic OH excluding ortho intramolecular Hbond substituents is 1. The highest BCUT2D eigenvalue weighted by Gasteiger charge is 2.19. The molecule has 0 aliphatic carbocycles. The van der Waals surface area contributed by atoms with Gasteiger partial charge in [0, 0.05) is 31.8 Å². The van der Waals surface area contributed by atoms with Crippen molar-refractivity contribution in [3.05, 3.63) is 58.8 Å². The number of aryl methyl sites for hydroxylation is 1. The Kier molecular flexibility index (Phi) is 4.16. The monoisotopic (exact) mass is 349 g/mol. The fourth-order valence-electron chi connectivity index (χ4n) is 3.37. The second kappa shape index (κ2) is 6.63. The Balaban J connectivity index is 1.45. The number of aromatic nitrogens is 1. The number of carbonyl (C=O) groups is 2. The number of phenols is 1. The largest absolute Gasteiger partial charge is 0.508 e. The molecular weight excluding hydrogens is 330 g/mol. The van der Waals surface area contributed by atoms with Crippen molar-refractivity contribution in [1.82, 2.24) is 9.88 Å². The molecule has 0 fully saturated rings. The van der Waals surface area contributed by atoms with Crippen molar-refractivity contribution < 1.29 is 14.7 Å². The summed E-state index contributed by atoms with van der Waals surface area (Å²) in [5.74, 6) is 0.817. The van der Waals surface area contributed by atoms with Gasteiger partial charge in [-0.1, -0.05) is 6.07 Å². The number of nitrogens with one attached hydrogen (secondary N) is 1. The highest BCUT2D eigenvalue weighted by Crippen LogP contribution is 2.24. The van der Waals surface area contributed by atoms with Gasteiger partial charge < -0.3 is 15.3 Å². The van der Waals surface area contributed by atoms with Gasteiger partial charge >= 0.3 is 0 Å². The predicted molar refractivity (Wildman–Crippen MR) is 97.4 cm³/mol. The molecule has 0 atom stereocenters. The number of pyridine rings is 1. The Morgan fingerprint density at radius 1 is 1.15 bits per heavy atom. The molecule has 2 aliphatic heterocycles. The molecule has 0 saturated heterocycles. The second-order valence-corrected chi connectivity index (χ2v) is 6.62. The van der Waals surface area contributed by atoms with Gasteiger partial charge in [0.25, 0.3) is 0 Å². The number of amides is 2. The summed E-state index contributed by atoms with van der Waals surface area (Å²) in [5, 5.41) is 12.3. The lowest BCUT2D eigenvalue weighted by molar-refractivity contribution is -0.126. The highest BCUT2D eigenvalue weighted by atomic mass is 16.3. The SMILES string of the molecule is O=C1CCc2cc(C=CC(=O)N3CCc4cc(O)ccc4C3)cnc2N1. The molecule has 2 amide bonds. The smallest absolute Gasteiger partial charge is 0.246 e. The zero-order valence-electron chi connectivity index (χ0n) is 14.2. The van der Waals surface area contributed by atoms with E-state index in [1.165, 1.54) is 0 Å². The first-order chi connectivity index (χ1) is 12.6. The molecule has 0 spiro atoms. The van der Waals surface area contributed by atoms with Gasteiger partial charge in [0.05, 0.1) is 0 Å². The molecule has 0 unspecified atom stereocenters. The molecule has 26 heavy (non-hydrogen) atoms. The quantitative estimate of drug-likeness (QED) is 0.815. The minimum atomic E-state index is -0.0465. The first-order valence-electron chi connectivity index (χ1n) is 8.65. The lowest BCUT2D eigenvalue weighted by atomic mass is 9.99. The van der Waals surface area contributed by atoms with Crippen LogP contribution in [0.2, 0.25) is 0 Å². The second-order valence-electron chi connectivity index (χ2n) is 6.62. The van der Waals surface area contributed by atoms with Gasteiger partial charge in [0.15, 0.2) is 0 Å². The number of hydrogen-bond donors (Lipinski definition) is 2. The molecule has 6 nitrogen and oxygen atoms in total. The highest BCUT2D eigenvalue weighted by molar-refractivity contribution is 5.94. The van der Waals surface area contributed by atoms with Gasteiger partial charge in [-0.25, -0.2) is 4.98 Å². The van der Waals surface area contributed by atoms with Crippen molar-refractivity contribution in [2.75, 3.05) is 11.9 Å². The van der Waals surface area contributed by atoms with Crippen LogP contribution in [0.5, 0.6) is 5.75 Å². The minimum Gasteiger partial charge on any atom is -0.508 e. The van der Waals surface area contributed by atoms with Crippen molar-refractivity contribution in [2.24, 2.45) is 0 Å². The summed E-state index contributed by atoms with van der Waals surface area (Å²) in [4.78, 5) is 29.9. The zero-order valence-corrected chi connectivity index (χ0v) is 14.2. The molecule has 4 rings (SSSR count). The van der Waals surface area contributed by atoms with Crippen LogP contribution in [0, 0.1) is 0 Å². The summed E-state index contributed by atoms with van der Waals surface area (Å²) in [6.45, 7) is 1.18. The Morgan fingerprint density at radius 2 is 2.04 bits per heavy atom. The third-order valence-corrected chi connectivity index (χ3v) is 4.80. The summed E-state index contributed by atoms with van der Waals surface area (Å²) >= 11 is 0. The molecule has 2 aliphatic rings. The van der Waals surface area contributed by atoms with Crippen LogP contribution in [-0.2, 0) is 29.0 Å². The van der Waals surface area contributed by atoms with Crippen molar-refractivity contribution >= 4 is 23.7 Å². The van der Waals surface area contributed by atoms with E-state index in [2.05, 4.69) is 10.3 Å². The summed E-state index contributed by atoms with van der Waals surface area (Å²) in [7, 11) is 0. The lowest BCUT2D eigenvalue weighted by Crippen LogP contribution is -2.34. The zero-order chi connectivity index (χ0) is 18.1. The Bertz CT molecular complexity index is 921. The number of nitrogens with zero attached hydrogens (tertiary/aromatic N) is 2. The topological polar surface area (TPSA) is 82.5 Å². The summed E-state index contributed by atoms with van der Waals surface area (Å²) in [6, 6.07) is 7.25. The van der Waals surface area contributed by atoms with Gasteiger partial charge in [0.1, 0.15) is 11.6 Å². The Hall–Kier alpha value is -3.15. The molecule has 6 heteroatoms. The first kappa shape index (κ1) is 16.3. The van der Waals surface area contributed by atoms with Crippen LogP contribution in [0.3, 0.4) is 0 Å². The summed E-state index contributed by atoms with van der Waals surface area (Å²) < 4.78 is 0. The van der Waals surface area contributed by atoms with E-state index >= 15 is 0 Å². The molecular formula is C20H19N3O3. The molecule has 0 bridgehead atoms. The molecule has 0 saturated carbocycles. The molecule has 132 valence electrons.